The van der Waals surface area contributed by atoms with Crippen molar-refractivity contribution in [1.82, 2.24) is 14.4 Å². The first-order chi connectivity index (χ1) is 9.83. The zero-order valence-corrected chi connectivity index (χ0v) is 13.0. The largest absolute Gasteiger partial charge is 0.387 e. The number of aliphatic hydroxyl groups is 1. The van der Waals surface area contributed by atoms with Gasteiger partial charge in [0.2, 0.25) is 10.0 Å². The van der Waals surface area contributed by atoms with Gasteiger partial charge in [-0.15, -0.1) is 0 Å². The molecule has 2 N–H and O–H groups in total. The van der Waals surface area contributed by atoms with E-state index in [1.807, 2.05) is 19.3 Å². The Kier molecular flexibility index (Phi) is 4.50. The fourth-order valence-corrected chi connectivity index (χ4v) is 3.60. The van der Waals surface area contributed by atoms with E-state index in [1.165, 1.54) is 0 Å². The first-order valence-electron chi connectivity index (χ1n) is 6.54. The van der Waals surface area contributed by atoms with Crippen LogP contribution in [0.15, 0.2) is 27.7 Å². The van der Waals surface area contributed by atoms with Gasteiger partial charge < -0.3 is 14.2 Å². The molecule has 1 atom stereocenters. The van der Waals surface area contributed by atoms with Gasteiger partial charge in [-0.2, -0.15) is 0 Å². The van der Waals surface area contributed by atoms with Crippen LogP contribution in [-0.4, -0.2) is 29.8 Å². The van der Waals surface area contributed by atoms with Gasteiger partial charge in [0.15, 0.2) is 5.76 Å². The molecule has 21 heavy (non-hydrogen) atoms. The molecule has 0 aliphatic rings. The first-order valence-corrected chi connectivity index (χ1v) is 8.03. The zero-order chi connectivity index (χ0) is 15.6. The summed E-state index contributed by atoms with van der Waals surface area (Å²) in [5.74, 6) is 0.253. The van der Waals surface area contributed by atoms with Crippen LogP contribution in [0.4, 0.5) is 0 Å². The second-order valence-electron chi connectivity index (χ2n) is 4.90. The Morgan fingerprint density at radius 2 is 2.19 bits per heavy atom. The Morgan fingerprint density at radius 1 is 1.48 bits per heavy atom. The topological polar surface area (TPSA) is 97.4 Å². The van der Waals surface area contributed by atoms with Crippen molar-refractivity contribution in [1.29, 1.82) is 0 Å². The maximum Gasteiger partial charge on any atom is 0.245 e. The van der Waals surface area contributed by atoms with Gasteiger partial charge >= 0.3 is 0 Å². The monoisotopic (exact) mass is 313 g/mol. The third-order valence-electron chi connectivity index (χ3n) is 3.27. The smallest absolute Gasteiger partial charge is 0.245 e. The van der Waals surface area contributed by atoms with E-state index in [2.05, 4.69) is 9.88 Å². The van der Waals surface area contributed by atoms with Crippen LogP contribution in [0.3, 0.4) is 0 Å². The fraction of sp³-hybridized carbons (Fsp3) is 0.462. The first kappa shape index (κ1) is 15.7. The molecule has 116 valence electrons. The van der Waals surface area contributed by atoms with E-state index in [4.69, 9.17) is 4.52 Å². The third kappa shape index (κ3) is 3.34. The van der Waals surface area contributed by atoms with Gasteiger partial charge in [0.1, 0.15) is 10.6 Å². The lowest BCUT2D eigenvalue weighted by molar-refractivity contribution is 0.161. The SMILES string of the molecule is Cc1noc(C)c1S(=O)(=O)NCCC(O)c1cccn1C. The van der Waals surface area contributed by atoms with Crippen molar-refractivity contribution in [3.05, 3.63) is 35.5 Å². The van der Waals surface area contributed by atoms with Crippen LogP contribution in [0.1, 0.15) is 29.7 Å². The molecule has 0 aromatic carbocycles. The van der Waals surface area contributed by atoms with Crippen LogP contribution in [0.2, 0.25) is 0 Å². The van der Waals surface area contributed by atoms with Gasteiger partial charge in [-0.3, -0.25) is 0 Å². The second kappa shape index (κ2) is 6.00. The number of nitrogens with one attached hydrogen (secondary N) is 1. The molecule has 0 aliphatic heterocycles. The van der Waals surface area contributed by atoms with E-state index in [0.717, 1.165) is 5.69 Å². The summed E-state index contributed by atoms with van der Waals surface area (Å²) >= 11 is 0. The summed E-state index contributed by atoms with van der Waals surface area (Å²) in [5.41, 5.74) is 1.06. The number of hydrogen-bond acceptors (Lipinski definition) is 5. The summed E-state index contributed by atoms with van der Waals surface area (Å²) in [5, 5.41) is 13.7. The number of aromatic nitrogens is 2. The number of aryl methyl sites for hydroxylation is 3. The van der Waals surface area contributed by atoms with Crippen LogP contribution in [0, 0.1) is 13.8 Å². The van der Waals surface area contributed by atoms with Gasteiger partial charge in [0.25, 0.3) is 0 Å². The summed E-state index contributed by atoms with van der Waals surface area (Å²) in [7, 11) is -1.85. The third-order valence-corrected chi connectivity index (χ3v) is 4.98. The van der Waals surface area contributed by atoms with E-state index in [9.17, 15) is 13.5 Å². The van der Waals surface area contributed by atoms with Crippen LogP contribution < -0.4 is 4.72 Å². The summed E-state index contributed by atoms with van der Waals surface area (Å²) in [4.78, 5) is 0.0656. The summed E-state index contributed by atoms with van der Waals surface area (Å²) in [6.07, 6.45) is 1.38. The molecule has 8 heteroatoms. The van der Waals surface area contributed by atoms with Gasteiger partial charge in [-0.1, -0.05) is 5.16 Å². The highest BCUT2D eigenvalue weighted by atomic mass is 32.2. The molecule has 2 aromatic heterocycles. The highest BCUT2D eigenvalue weighted by Gasteiger charge is 2.24. The van der Waals surface area contributed by atoms with Gasteiger partial charge in [0.05, 0.1) is 6.10 Å². The van der Waals surface area contributed by atoms with Gasteiger partial charge in [0, 0.05) is 25.5 Å². The van der Waals surface area contributed by atoms with Crippen molar-refractivity contribution in [3.8, 4) is 0 Å². The molecular formula is C13H19N3O4S. The molecule has 0 saturated heterocycles. The normalized spacial score (nSPS) is 13.5. The molecule has 0 amide bonds. The average molecular weight is 313 g/mol. The molecule has 0 bridgehead atoms. The maximum atomic E-state index is 12.2. The van der Waals surface area contributed by atoms with Crippen LogP contribution >= 0.6 is 0 Å². The number of rotatable bonds is 6. The van der Waals surface area contributed by atoms with Crippen molar-refractivity contribution in [2.45, 2.75) is 31.3 Å². The maximum absolute atomic E-state index is 12.2. The lowest BCUT2D eigenvalue weighted by atomic mass is 10.2. The second-order valence-corrected chi connectivity index (χ2v) is 6.60. The molecular weight excluding hydrogens is 294 g/mol. The predicted octanol–water partition coefficient (Wildman–Crippen LogP) is 1.03. The molecule has 2 rings (SSSR count). The van der Waals surface area contributed by atoms with Gasteiger partial charge in [-0.05, 0) is 32.4 Å². The number of aliphatic hydroxyl groups excluding tert-OH is 1. The molecule has 0 radical (unpaired) electrons. The molecule has 0 fully saturated rings. The molecule has 0 spiro atoms. The quantitative estimate of drug-likeness (QED) is 0.830. The Morgan fingerprint density at radius 3 is 2.71 bits per heavy atom. The van der Waals surface area contributed by atoms with E-state index < -0.39 is 16.1 Å². The van der Waals surface area contributed by atoms with Crippen molar-refractivity contribution >= 4 is 10.0 Å². The fourth-order valence-electron chi connectivity index (χ4n) is 2.23. The van der Waals surface area contributed by atoms with Crippen LogP contribution in [0.5, 0.6) is 0 Å². The minimum atomic E-state index is -3.68. The summed E-state index contributed by atoms with van der Waals surface area (Å²) in [6.45, 7) is 3.25. The van der Waals surface area contributed by atoms with E-state index in [-0.39, 0.29) is 23.6 Å². The van der Waals surface area contributed by atoms with Crippen LogP contribution in [0.25, 0.3) is 0 Å². The zero-order valence-electron chi connectivity index (χ0n) is 12.2. The van der Waals surface area contributed by atoms with Crippen molar-refractivity contribution in [2.75, 3.05) is 6.54 Å². The van der Waals surface area contributed by atoms with Crippen molar-refractivity contribution in [3.63, 3.8) is 0 Å². The van der Waals surface area contributed by atoms with Crippen molar-refractivity contribution < 1.29 is 18.0 Å². The van der Waals surface area contributed by atoms with Crippen molar-refractivity contribution in [2.24, 2.45) is 7.05 Å². The molecule has 2 aromatic rings. The molecule has 2 heterocycles. The average Bonchev–Trinajstić information content (AvgIpc) is 2.95. The highest BCUT2D eigenvalue weighted by molar-refractivity contribution is 7.89. The van der Waals surface area contributed by atoms with E-state index in [1.54, 1.807) is 24.5 Å². The number of sulfonamides is 1. The molecule has 1 unspecified atom stereocenters. The lowest BCUT2D eigenvalue weighted by Crippen LogP contribution is -2.27. The minimum absolute atomic E-state index is 0.0656. The Balaban J connectivity index is 1.99. The van der Waals surface area contributed by atoms with Crippen LogP contribution in [-0.2, 0) is 17.1 Å². The minimum Gasteiger partial charge on any atom is -0.387 e. The molecule has 0 saturated carbocycles. The lowest BCUT2D eigenvalue weighted by Gasteiger charge is -2.12. The molecule has 7 nitrogen and oxygen atoms in total. The Bertz CT molecular complexity index is 698. The van der Waals surface area contributed by atoms with Gasteiger partial charge in [-0.25, -0.2) is 13.1 Å². The predicted molar refractivity (Wildman–Crippen MR) is 76.2 cm³/mol. The van der Waals surface area contributed by atoms with E-state index >= 15 is 0 Å². The van der Waals surface area contributed by atoms with E-state index in [0.29, 0.717) is 5.69 Å². The summed E-state index contributed by atoms with van der Waals surface area (Å²) < 4.78 is 33.5. The standard InChI is InChI=1S/C13H19N3O4S/c1-9-13(10(2)20-15-9)21(18,19)14-7-6-12(17)11-5-4-8-16(11)3/h4-5,8,12,14,17H,6-7H2,1-3H3. The summed E-state index contributed by atoms with van der Waals surface area (Å²) in [6, 6.07) is 3.63. The number of hydrogen-bond donors (Lipinski definition) is 2. The molecule has 0 aliphatic carbocycles. The number of nitrogens with zero attached hydrogens (tertiary/aromatic N) is 2. The highest BCUT2D eigenvalue weighted by Crippen LogP contribution is 2.19. The Hall–Kier alpha value is -1.64. The Labute approximate surface area is 123 Å².